The molecular formula is C20H19ClN2O3. The number of amides is 1. The van der Waals surface area contributed by atoms with Gasteiger partial charge >= 0.3 is 0 Å². The van der Waals surface area contributed by atoms with Crippen molar-refractivity contribution in [2.45, 2.75) is 13.5 Å². The Bertz CT molecular complexity index is 857. The van der Waals surface area contributed by atoms with Crippen molar-refractivity contribution in [2.24, 2.45) is 0 Å². The van der Waals surface area contributed by atoms with Crippen LogP contribution in [0.25, 0.3) is 6.08 Å². The smallest absolute Gasteiger partial charge is 0.244 e. The number of benzene rings is 2. The molecule has 0 fully saturated rings. The number of carbonyl (C=O) groups is 1. The minimum absolute atomic E-state index is 0.253. The third-order valence-corrected chi connectivity index (χ3v) is 3.77. The fraction of sp³-hybridized carbons (Fsp3) is 0.200. The second kappa shape index (κ2) is 9.50. The number of halogens is 1. The third kappa shape index (κ3) is 5.27. The molecule has 2 aromatic carbocycles. The van der Waals surface area contributed by atoms with Gasteiger partial charge in [0, 0.05) is 12.6 Å². The molecule has 0 aromatic heterocycles. The van der Waals surface area contributed by atoms with Gasteiger partial charge in [-0.1, -0.05) is 23.7 Å². The van der Waals surface area contributed by atoms with Crippen LogP contribution in [0.3, 0.4) is 0 Å². The summed E-state index contributed by atoms with van der Waals surface area (Å²) in [5.41, 5.74) is 2.14. The summed E-state index contributed by atoms with van der Waals surface area (Å²) in [7, 11) is 1.53. The van der Waals surface area contributed by atoms with Crippen LogP contribution in [-0.4, -0.2) is 19.6 Å². The average Bonchev–Trinajstić information content (AvgIpc) is 2.66. The van der Waals surface area contributed by atoms with Crippen molar-refractivity contribution in [1.29, 1.82) is 5.26 Å². The summed E-state index contributed by atoms with van der Waals surface area (Å²) in [6.45, 7) is 2.67. The first kappa shape index (κ1) is 19.4. The van der Waals surface area contributed by atoms with E-state index in [9.17, 15) is 4.79 Å². The number of nitriles is 1. The molecule has 1 amide bonds. The van der Waals surface area contributed by atoms with E-state index in [2.05, 4.69) is 11.4 Å². The fourth-order valence-electron chi connectivity index (χ4n) is 2.29. The maximum absolute atomic E-state index is 12.0. The summed E-state index contributed by atoms with van der Waals surface area (Å²) in [6.07, 6.45) is 3.06. The van der Waals surface area contributed by atoms with Gasteiger partial charge in [0.2, 0.25) is 5.91 Å². The van der Waals surface area contributed by atoms with Crippen molar-refractivity contribution in [3.05, 3.63) is 64.2 Å². The zero-order valence-electron chi connectivity index (χ0n) is 14.6. The summed E-state index contributed by atoms with van der Waals surface area (Å²) >= 11 is 6.21. The Morgan fingerprint density at radius 1 is 1.35 bits per heavy atom. The van der Waals surface area contributed by atoms with Crippen LogP contribution in [0.5, 0.6) is 11.5 Å². The number of hydrogen-bond acceptors (Lipinski definition) is 4. The summed E-state index contributed by atoms with van der Waals surface area (Å²) in [5, 5.41) is 12.1. The molecule has 0 aliphatic carbocycles. The van der Waals surface area contributed by atoms with E-state index in [0.717, 1.165) is 11.1 Å². The van der Waals surface area contributed by atoms with E-state index in [1.165, 1.54) is 13.2 Å². The molecule has 134 valence electrons. The van der Waals surface area contributed by atoms with Crippen LogP contribution in [0.4, 0.5) is 0 Å². The van der Waals surface area contributed by atoms with Gasteiger partial charge in [-0.2, -0.15) is 5.26 Å². The highest BCUT2D eigenvalue weighted by Gasteiger charge is 2.10. The average molecular weight is 371 g/mol. The molecule has 0 radical (unpaired) electrons. The molecule has 0 heterocycles. The lowest BCUT2D eigenvalue weighted by Gasteiger charge is -2.11. The van der Waals surface area contributed by atoms with Crippen molar-refractivity contribution < 1.29 is 14.3 Å². The summed E-state index contributed by atoms with van der Waals surface area (Å²) in [5.74, 6) is 0.736. The summed E-state index contributed by atoms with van der Waals surface area (Å²) < 4.78 is 10.7. The number of methoxy groups -OCH3 is 1. The number of carbonyl (C=O) groups excluding carboxylic acids is 1. The molecule has 0 saturated heterocycles. The van der Waals surface area contributed by atoms with E-state index in [1.54, 1.807) is 36.4 Å². The number of ether oxygens (including phenoxy) is 2. The van der Waals surface area contributed by atoms with Crippen LogP contribution in [0.1, 0.15) is 23.6 Å². The van der Waals surface area contributed by atoms with Gasteiger partial charge in [-0.05, 0) is 48.4 Å². The number of nitrogens with zero attached hydrogens (tertiary/aromatic N) is 1. The Morgan fingerprint density at radius 3 is 2.85 bits per heavy atom. The first-order valence-electron chi connectivity index (χ1n) is 8.02. The molecule has 2 aromatic rings. The quantitative estimate of drug-likeness (QED) is 0.749. The molecule has 26 heavy (non-hydrogen) atoms. The van der Waals surface area contributed by atoms with E-state index < -0.39 is 0 Å². The first-order valence-corrected chi connectivity index (χ1v) is 8.40. The van der Waals surface area contributed by atoms with E-state index >= 15 is 0 Å². The van der Waals surface area contributed by atoms with Gasteiger partial charge in [0.1, 0.15) is 0 Å². The molecule has 6 heteroatoms. The van der Waals surface area contributed by atoms with E-state index in [4.69, 9.17) is 26.3 Å². The fourth-order valence-corrected chi connectivity index (χ4v) is 2.56. The van der Waals surface area contributed by atoms with Crippen LogP contribution < -0.4 is 14.8 Å². The molecule has 0 saturated carbocycles. The van der Waals surface area contributed by atoms with Gasteiger partial charge in [-0.3, -0.25) is 4.79 Å². The molecule has 1 N–H and O–H groups in total. The summed E-state index contributed by atoms with van der Waals surface area (Å²) in [4.78, 5) is 12.0. The first-order chi connectivity index (χ1) is 12.6. The predicted molar refractivity (Wildman–Crippen MR) is 101 cm³/mol. The SMILES string of the molecule is CCOc1c(Cl)cc(/C=C/C(=O)NCc2cccc(C#N)c2)cc1OC. The highest BCUT2D eigenvalue weighted by atomic mass is 35.5. The van der Waals surface area contributed by atoms with Crippen molar-refractivity contribution in [2.75, 3.05) is 13.7 Å². The molecule has 0 unspecified atom stereocenters. The standard InChI is InChI=1S/C20H19ClN2O3/c1-3-26-20-17(21)10-14(11-18(20)25-2)7-8-19(24)23-13-16-6-4-5-15(9-16)12-22/h4-11H,3,13H2,1-2H3,(H,23,24)/b8-7+. The van der Waals surface area contributed by atoms with Gasteiger partial charge in [0.15, 0.2) is 11.5 Å². The van der Waals surface area contributed by atoms with Crippen LogP contribution >= 0.6 is 11.6 Å². The van der Waals surface area contributed by atoms with E-state index in [0.29, 0.717) is 35.2 Å². The molecule has 5 nitrogen and oxygen atoms in total. The number of nitrogens with one attached hydrogen (secondary N) is 1. The van der Waals surface area contributed by atoms with E-state index in [1.807, 2.05) is 13.0 Å². The molecule has 0 aliphatic rings. The topological polar surface area (TPSA) is 71.3 Å². The second-order valence-electron chi connectivity index (χ2n) is 5.33. The van der Waals surface area contributed by atoms with Gasteiger partial charge in [-0.15, -0.1) is 0 Å². The molecule has 2 rings (SSSR count). The molecular weight excluding hydrogens is 352 g/mol. The van der Waals surface area contributed by atoms with Gasteiger partial charge in [-0.25, -0.2) is 0 Å². The maximum atomic E-state index is 12.0. The van der Waals surface area contributed by atoms with Gasteiger partial charge in [0.25, 0.3) is 0 Å². The lowest BCUT2D eigenvalue weighted by atomic mass is 10.1. The Balaban J connectivity index is 2.03. The summed E-state index contributed by atoms with van der Waals surface area (Å²) in [6, 6.07) is 12.6. The molecule has 0 atom stereocenters. The molecule has 0 aliphatic heterocycles. The van der Waals surface area contributed by atoms with Crippen molar-refractivity contribution in [3.8, 4) is 17.6 Å². The lowest BCUT2D eigenvalue weighted by Crippen LogP contribution is -2.20. The number of rotatable bonds is 7. The second-order valence-corrected chi connectivity index (χ2v) is 5.74. The normalized spacial score (nSPS) is 10.4. The van der Waals surface area contributed by atoms with Crippen molar-refractivity contribution in [1.82, 2.24) is 5.32 Å². The van der Waals surface area contributed by atoms with Crippen LogP contribution in [0.15, 0.2) is 42.5 Å². The zero-order chi connectivity index (χ0) is 18.9. The Labute approximate surface area is 157 Å². The maximum Gasteiger partial charge on any atom is 0.244 e. The minimum atomic E-state index is -0.253. The minimum Gasteiger partial charge on any atom is -0.493 e. The van der Waals surface area contributed by atoms with Gasteiger partial charge < -0.3 is 14.8 Å². The predicted octanol–water partition coefficient (Wildman–Crippen LogP) is 3.95. The van der Waals surface area contributed by atoms with Crippen molar-refractivity contribution >= 4 is 23.6 Å². The molecule has 0 spiro atoms. The highest BCUT2D eigenvalue weighted by molar-refractivity contribution is 6.32. The van der Waals surface area contributed by atoms with E-state index in [-0.39, 0.29) is 5.91 Å². The monoisotopic (exact) mass is 370 g/mol. The van der Waals surface area contributed by atoms with Crippen molar-refractivity contribution in [3.63, 3.8) is 0 Å². The van der Waals surface area contributed by atoms with Crippen LogP contribution in [0, 0.1) is 11.3 Å². The zero-order valence-corrected chi connectivity index (χ0v) is 15.3. The van der Waals surface area contributed by atoms with Crippen LogP contribution in [0.2, 0.25) is 5.02 Å². The third-order valence-electron chi connectivity index (χ3n) is 3.49. The lowest BCUT2D eigenvalue weighted by molar-refractivity contribution is -0.116. The largest absolute Gasteiger partial charge is 0.493 e. The Hall–Kier alpha value is -2.97. The van der Waals surface area contributed by atoms with Crippen LogP contribution in [-0.2, 0) is 11.3 Å². The molecule has 0 bridgehead atoms. The number of hydrogen-bond donors (Lipinski definition) is 1. The Kier molecular flexibility index (Phi) is 7.07. The Morgan fingerprint density at radius 2 is 2.15 bits per heavy atom. The van der Waals surface area contributed by atoms with Gasteiger partial charge in [0.05, 0.1) is 30.4 Å². The highest BCUT2D eigenvalue weighted by Crippen LogP contribution is 2.36.